The molecule has 102 valence electrons. The molecule has 1 aliphatic carbocycles. The van der Waals surface area contributed by atoms with E-state index in [1.54, 1.807) is 0 Å². The second-order valence-corrected chi connectivity index (χ2v) is 6.28. The number of benzene rings is 1. The molecule has 1 fully saturated rings. The van der Waals surface area contributed by atoms with Crippen LogP contribution in [0, 0.1) is 0 Å². The zero-order valence-electron chi connectivity index (χ0n) is 11.2. The third-order valence-corrected chi connectivity index (χ3v) is 4.68. The molecule has 3 nitrogen and oxygen atoms in total. The van der Waals surface area contributed by atoms with Crippen LogP contribution < -0.4 is 5.32 Å². The summed E-state index contributed by atoms with van der Waals surface area (Å²) < 4.78 is 0. The van der Waals surface area contributed by atoms with Crippen LogP contribution in [0.2, 0.25) is 0 Å². The number of thioether (sulfide) groups is 1. The van der Waals surface area contributed by atoms with E-state index in [1.165, 1.54) is 32.1 Å². The first-order valence-electron chi connectivity index (χ1n) is 7.23. The summed E-state index contributed by atoms with van der Waals surface area (Å²) in [4.78, 5) is 7.93. The molecule has 1 aromatic heterocycles. The fourth-order valence-electron chi connectivity index (χ4n) is 2.67. The van der Waals surface area contributed by atoms with E-state index in [2.05, 4.69) is 27.4 Å². The number of nitrogens with zero attached hydrogens (tertiary/aromatic N) is 1. The lowest BCUT2D eigenvalue weighted by Gasteiger charge is -2.10. The number of hydrogen-bond donors (Lipinski definition) is 2. The van der Waals surface area contributed by atoms with Gasteiger partial charge in [0, 0.05) is 11.8 Å². The first-order valence-corrected chi connectivity index (χ1v) is 8.21. The average molecular weight is 275 g/mol. The summed E-state index contributed by atoms with van der Waals surface area (Å²) in [7, 11) is 0. The molecule has 0 saturated heterocycles. The van der Waals surface area contributed by atoms with Gasteiger partial charge in [0.1, 0.15) is 0 Å². The van der Waals surface area contributed by atoms with Gasteiger partial charge in [-0.1, -0.05) is 36.7 Å². The SMILES string of the molecule is c1ccc2[nH]c(SCCCNC3CCCC3)nc2c1. The molecule has 2 aromatic rings. The molecular formula is C15H21N3S. The first kappa shape index (κ1) is 13.0. The summed E-state index contributed by atoms with van der Waals surface area (Å²) in [6, 6.07) is 8.99. The minimum atomic E-state index is 0.788. The average Bonchev–Trinajstić information content (AvgIpc) is 3.06. The normalized spacial score (nSPS) is 16.4. The van der Waals surface area contributed by atoms with Crippen LogP contribution >= 0.6 is 11.8 Å². The number of hydrogen-bond acceptors (Lipinski definition) is 3. The van der Waals surface area contributed by atoms with Crippen LogP contribution in [-0.2, 0) is 0 Å². The molecule has 0 aliphatic heterocycles. The van der Waals surface area contributed by atoms with Crippen molar-refractivity contribution in [3.05, 3.63) is 24.3 Å². The Hall–Kier alpha value is -1.00. The van der Waals surface area contributed by atoms with Crippen LogP contribution in [0.5, 0.6) is 0 Å². The molecule has 0 bridgehead atoms. The Morgan fingerprint density at radius 2 is 2.11 bits per heavy atom. The van der Waals surface area contributed by atoms with E-state index >= 15 is 0 Å². The lowest BCUT2D eigenvalue weighted by molar-refractivity contribution is 0.524. The Bertz CT molecular complexity index is 484. The molecule has 2 N–H and O–H groups in total. The van der Waals surface area contributed by atoms with Crippen LogP contribution in [0.1, 0.15) is 32.1 Å². The van der Waals surface area contributed by atoms with Crippen LogP contribution in [0.4, 0.5) is 0 Å². The molecule has 3 rings (SSSR count). The van der Waals surface area contributed by atoms with Crippen LogP contribution in [0.3, 0.4) is 0 Å². The predicted molar refractivity (Wildman–Crippen MR) is 81.7 cm³/mol. The van der Waals surface area contributed by atoms with E-state index < -0.39 is 0 Å². The molecule has 1 saturated carbocycles. The van der Waals surface area contributed by atoms with Gasteiger partial charge in [-0.2, -0.15) is 0 Å². The molecule has 4 heteroatoms. The minimum Gasteiger partial charge on any atom is -0.333 e. The Balaban J connectivity index is 1.39. The number of fused-ring (bicyclic) bond motifs is 1. The molecule has 0 atom stereocenters. The van der Waals surface area contributed by atoms with E-state index in [1.807, 2.05) is 23.9 Å². The van der Waals surface area contributed by atoms with Gasteiger partial charge in [0.2, 0.25) is 0 Å². The fourth-order valence-corrected chi connectivity index (χ4v) is 3.50. The van der Waals surface area contributed by atoms with Crippen LogP contribution in [-0.4, -0.2) is 28.3 Å². The Labute approximate surface area is 118 Å². The second-order valence-electron chi connectivity index (χ2n) is 5.20. The van der Waals surface area contributed by atoms with Crippen molar-refractivity contribution < 1.29 is 0 Å². The number of rotatable bonds is 6. The van der Waals surface area contributed by atoms with Crippen molar-refractivity contribution in [2.24, 2.45) is 0 Å². The van der Waals surface area contributed by atoms with Gasteiger partial charge in [0.15, 0.2) is 5.16 Å². The molecule has 1 aliphatic rings. The van der Waals surface area contributed by atoms with Crippen molar-refractivity contribution in [1.29, 1.82) is 0 Å². The van der Waals surface area contributed by atoms with Gasteiger partial charge in [-0.15, -0.1) is 0 Å². The highest BCUT2D eigenvalue weighted by molar-refractivity contribution is 7.99. The largest absolute Gasteiger partial charge is 0.333 e. The molecule has 1 heterocycles. The number of para-hydroxylation sites is 2. The summed E-state index contributed by atoms with van der Waals surface area (Å²) in [6.45, 7) is 1.14. The van der Waals surface area contributed by atoms with Crippen molar-refractivity contribution in [1.82, 2.24) is 15.3 Å². The Kier molecular flexibility index (Phi) is 4.41. The maximum absolute atomic E-state index is 4.57. The van der Waals surface area contributed by atoms with Gasteiger partial charge in [-0.25, -0.2) is 4.98 Å². The lowest BCUT2D eigenvalue weighted by Crippen LogP contribution is -2.27. The van der Waals surface area contributed by atoms with Crippen molar-refractivity contribution >= 4 is 22.8 Å². The quantitative estimate of drug-likeness (QED) is 0.625. The lowest BCUT2D eigenvalue weighted by atomic mass is 10.2. The number of aromatic amines is 1. The maximum atomic E-state index is 4.57. The van der Waals surface area contributed by atoms with E-state index in [4.69, 9.17) is 0 Å². The Morgan fingerprint density at radius 3 is 2.95 bits per heavy atom. The highest BCUT2D eigenvalue weighted by Crippen LogP contribution is 2.20. The van der Waals surface area contributed by atoms with E-state index in [-0.39, 0.29) is 0 Å². The summed E-state index contributed by atoms with van der Waals surface area (Å²) in [5, 5.41) is 4.69. The van der Waals surface area contributed by atoms with E-state index in [9.17, 15) is 0 Å². The van der Waals surface area contributed by atoms with E-state index in [0.717, 1.165) is 34.5 Å². The van der Waals surface area contributed by atoms with Crippen molar-refractivity contribution in [2.45, 2.75) is 43.3 Å². The van der Waals surface area contributed by atoms with Crippen LogP contribution in [0.15, 0.2) is 29.4 Å². The smallest absolute Gasteiger partial charge is 0.166 e. The standard InChI is InChI=1S/C15H21N3S/c1-2-7-12(6-1)16-10-5-11-19-15-17-13-8-3-4-9-14(13)18-15/h3-4,8-9,12,16H,1-2,5-7,10-11H2,(H,17,18). The topological polar surface area (TPSA) is 40.7 Å². The van der Waals surface area contributed by atoms with Gasteiger partial charge >= 0.3 is 0 Å². The van der Waals surface area contributed by atoms with Crippen molar-refractivity contribution in [3.63, 3.8) is 0 Å². The fraction of sp³-hybridized carbons (Fsp3) is 0.533. The summed E-state index contributed by atoms with van der Waals surface area (Å²) >= 11 is 1.82. The summed E-state index contributed by atoms with van der Waals surface area (Å²) in [5.74, 6) is 1.12. The highest BCUT2D eigenvalue weighted by Gasteiger charge is 2.13. The first-order chi connectivity index (χ1) is 9.42. The third kappa shape index (κ3) is 3.51. The van der Waals surface area contributed by atoms with Gasteiger partial charge in [0.25, 0.3) is 0 Å². The number of aromatic nitrogens is 2. The Morgan fingerprint density at radius 1 is 1.26 bits per heavy atom. The molecular weight excluding hydrogens is 254 g/mol. The summed E-state index contributed by atoms with van der Waals surface area (Å²) in [6.07, 6.45) is 6.77. The van der Waals surface area contributed by atoms with Gasteiger partial charge < -0.3 is 10.3 Å². The minimum absolute atomic E-state index is 0.788. The molecule has 0 amide bonds. The highest BCUT2D eigenvalue weighted by atomic mass is 32.2. The van der Waals surface area contributed by atoms with Crippen molar-refractivity contribution in [2.75, 3.05) is 12.3 Å². The summed E-state index contributed by atoms with van der Waals surface area (Å²) in [5.41, 5.74) is 2.20. The molecule has 0 unspecified atom stereocenters. The molecule has 1 aromatic carbocycles. The van der Waals surface area contributed by atoms with Gasteiger partial charge in [0.05, 0.1) is 11.0 Å². The monoisotopic (exact) mass is 275 g/mol. The molecule has 19 heavy (non-hydrogen) atoms. The van der Waals surface area contributed by atoms with Gasteiger partial charge in [-0.05, 0) is 37.9 Å². The number of nitrogens with one attached hydrogen (secondary N) is 2. The van der Waals surface area contributed by atoms with E-state index in [0.29, 0.717) is 0 Å². The van der Waals surface area contributed by atoms with Crippen molar-refractivity contribution in [3.8, 4) is 0 Å². The molecule has 0 radical (unpaired) electrons. The zero-order chi connectivity index (χ0) is 12.9. The maximum Gasteiger partial charge on any atom is 0.166 e. The third-order valence-electron chi connectivity index (χ3n) is 3.72. The zero-order valence-corrected chi connectivity index (χ0v) is 12.0. The predicted octanol–water partition coefficient (Wildman–Crippen LogP) is 3.58. The second kappa shape index (κ2) is 6.44. The number of H-pyrrole nitrogens is 1. The van der Waals surface area contributed by atoms with Crippen LogP contribution in [0.25, 0.3) is 11.0 Å². The number of imidazole rings is 1. The van der Waals surface area contributed by atoms with Gasteiger partial charge in [-0.3, -0.25) is 0 Å². The molecule has 0 spiro atoms.